The van der Waals surface area contributed by atoms with E-state index in [0.29, 0.717) is 21.2 Å². The first-order chi connectivity index (χ1) is 19.4. The van der Waals surface area contributed by atoms with Crippen LogP contribution in [0.5, 0.6) is 0 Å². The molecule has 0 aliphatic carbocycles. The zero-order chi connectivity index (χ0) is 28.0. The van der Waals surface area contributed by atoms with E-state index in [1.807, 2.05) is 0 Å². The quantitative estimate of drug-likeness (QED) is 0.266. The van der Waals surface area contributed by atoms with Gasteiger partial charge in [0, 0.05) is 21.2 Å². The lowest BCUT2D eigenvalue weighted by Crippen LogP contribution is -2.36. The molecule has 0 N–H and O–H groups in total. The standard InChI is InChI=1S/C32H18Cl2N2O4/c33-23-15-11-19(12-16-23)27-25-26(31(39)35(27)29(37)21-7-3-1-4-8-21)28(20-13-17-24(34)18-14-20)36(32(25)40)30(38)22-9-5-2-6-10-22/h1-18H. The Morgan fingerprint density at radius 2 is 0.800 bits per heavy atom. The van der Waals surface area contributed by atoms with Gasteiger partial charge in [-0.1, -0.05) is 83.9 Å². The molecule has 0 unspecified atom stereocenters. The Hall–Kier alpha value is -4.78. The number of imide groups is 2. The molecule has 6 rings (SSSR count). The first-order valence-corrected chi connectivity index (χ1v) is 13.0. The smallest absolute Gasteiger partial charge is 0.268 e. The predicted molar refractivity (Wildman–Crippen MR) is 152 cm³/mol. The largest absolute Gasteiger partial charge is 0.268 e. The maximum absolute atomic E-state index is 14.2. The summed E-state index contributed by atoms with van der Waals surface area (Å²) in [5.74, 6) is -2.63. The molecule has 4 aromatic carbocycles. The molecule has 0 radical (unpaired) electrons. The highest BCUT2D eigenvalue weighted by Crippen LogP contribution is 2.47. The molecule has 194 valence electrons. The number of benzene rings is 4. The lowest BCUT2D eigenvalue weighted by molar-refractivity contribution is -0.122. The predicted octanol–water partition coefficient (Wildman–Crippen LogP) is 6.48. The molecule has 4 aromatic rings. The van der Waals surface area contributed by atoms with E-state index >= 15 is 0 Å². The Labute approximate surface area is 239 Å². The second-order valence-electron chi connectivity index (χ2n) is 9.08. The number of carbonyl (C=O) groups excluding carboxylic acids is 4. The van der Waals surface area contributed by atoms with Gasteiger partial charge in [-0.2, -0.15) is 0 Å². The number of fused-ring (bicyclic) bond motifs is 1. The molecule has 0 saturated carbocycles. The molecule has 0 aromatic heterocycles. The Balaban J connectivity index is 1.63. The van der Waals surface area contributed by atoms with E-state index < -0.39 is 23.6 Å². The van der Waals surface area contributed by atoms with Crippen LogP contribution in [0.25, 0.3) is 11.4 Å². The maximum Gasteiger partial charge on any atom is 0.268 e. The molecular formula is C32H18Cl2N2O4. The third-order valence-electron chi connectivity index (χ3n) is 6.69. The van der Waals surface area contributed by atoms with Crippen molar-refractivity contribution in [3.8, 4) is 0 Å². The summed E-state index contributed by atoms with van der Waals surface area (Å²) in [6, 6.07) is 29.6. The highest BCUT2D eigenvalue weighted by atomic mass is 35.5. The molecule has 2 aliphatic heterocycles. The van der Waals surface area contributed by atoms with Crippen LogP contribution in [0.4, 0.5) is 0 Å². The molecular weight excluding hydrogens is 547 g/mol. The Morgan fingerprint density at radius 1 is 0.475 bits per heavy atom. The molecule has 0 saturated heterocycles. The van der Waals surface area contributed by atoms with E-state index in [1.165, 1.54) is 0 Å². The molecule has 6 nitrogen and oxygen atoms in total. The lowest BCUT2D eigenvalue weighted by Gasteiger charge is -2.23. The molecule has 0 fully saturated rings. The summed E-state index contributed by atoms with van der Waals surface area (Å²) in [6.07, 6.45) is 0. The number of halogens is 2. The van der Waals surface area contributed by atoms with Crippen LogP contribution in [0.2, 0.25) is 10.0 Å². The summed E-state index contributed by atoms with van der Waals surface area (Å²) in [7, 11) is 0. The van der Waals surface area contributed by atoms with Crippen LogP contribution in [0.15, 0.2) is 120 Å². The van der Waals surface area contributed by atoms with Gasteiger partial charge in [-0.3, -0.25) is 19.2 Å². The average molecular weight is 565 g/mol. The van der Waals surface area contributed by atoms with Gasteiger partial charge in [0.2, 0.25) is 0 Å². The van der Waals surface area contributed by atoms with E-state index in [4.69, 9.17) is 23.2 Å². The van der Waals surface area contributed by atoms with E-state index in [0.717, 1.165) is 9.80 Å². The van der Waals surface area contributed by atoms with Crippen molar-refractivity contribution < 1.29 is 19.2 Å². The van der Waals surface area contributed by atoms with Crippen molar-refractivity contribution in [1.82, 2.24) is 9.80 Å². The highest BCUT2D eigenvalue weighted by molar-refractivity contribution is 6.38. The topological polar surface area (TPSA) is 74.8 Å². The average Bonchev–Trinajstić information content (AvgIpc) is 3.45. The summed E-state index contributed by atoms with van der Waals surface area (Å²) in [6.45, 7) is 0. The lowest BCUT2D eigenvalue weighted by atomic mass is 10.0. The molecule has 4 amide bonds. The van der Waals surface area contributed by atoms with Gasteiger partial charge >= 0.3 is 0 Å². The van der Waals surface area contributed by atoms with Crippen molar-refractivity contribution in [3.05, 3.63) is 153 Å². The van der Waals surface area contributed by atoms with Crippen LogP contribution in [-0.2, 0) is 9.59 Å². The second kappa shape index (κ2) is 10.1. The Kier molecular flexibility index (Phi) is 6.42. The van der Waals surface area contributed by atoms with Crippen molar-refractivity contribution in [2.45, 2.75) is 0 Å². The molecule has 40 heavy (non-hydrogen) atoms. The zero-order valence-corrected chi connectivity index (χ0v) is 22.2. The van der Waals surface area contributed by atoms with Gasteiger partial charge in [0.1, 0.15) is 0 Å². The molecule has 0 bridgehead atoms. The fourth-order valence-corrected chi connectivity index (χ4v) is 5.13. The van der Waals surface area contributed by atoms with Gasteiger partial charge in [0.05, 0.1) is 22.5 Å². The molecule has 0 spiro atoms. The minimum absolute atomic E-state index is 0.0363. The number of amides is 4. The SMILES string of the molecule is O=C1C2=C(c3ccc(Cl)cc3)N(C(=O)c3ccccc3)C(=O)C2=C(c2ccc(Cl)cc2)N1C(=O)c1ccccc1. The highest BCUT2D eigenvalue weighted by Gasteiger charge is 2.52. The monoisotopic (exact) mass is 564 g/mol. The summed E-state index contributed by atoms with van der Waals surface area (Å²) < 4.78 is 0. The molecule has 2 heterocycles. The van der Waals surface area contributed by atoms with Crippen LogP contribution in [0.3, 0.4) is 0 Å². The van der Waals surface area contributed by atoms with Gasteiger partial charge < -0.3 is 0 Å². The minimum Gasteiger partial charge on any atom is -0.268 e. The zero-order valence-electron chi connectivity index (χ0n) is 20.7. The van der Waals surface area contributed by atoms with Crippen LogP contribution < -0.4 is 0 Å². The summed E-state index contributed by atoms with van der Waals surface area (Å²) in [4.78, 5) is 58.0. The van der Waals surface area contributed by atoms with E-state index in [9.17, 15) is 19.2 Å². The van der Waals surface area contributed by atoms with Crippen LogP contribution in [0.1, 0.15) is 31.8 Å². The van der Waals surface area contributed by atoms with Gasteiger partial charge in [-0.05, 0) is 59.7 Å². The Morgan fingerprint density at radius 3 is 1.12 bits per heavy atom. The molecule has 2 aliphatic rings. The van der Waals surface area contributed by atoms with E-state index in [2.05, 4.69) is 0 Å². The van der Waals surface area contributed by atoms with Gasteiger partial charge in [-0.15, -0.1) is 0 Å². The van der Waals surface area contributed by atoms with Crippen molar-refractivity contribution in [2.24, 2.45) is 0 Å². The Bertz CT molecular complexity index is 1630. The fourth-order valence-electron chi connectivity index (χ4n) is 4.87. The minimum atomic E-state index is -0.713. The number of nitrogens with zero attached hydrogens (tertiary/aromatic N) is 2. The molecule has 8 heteroatoms. The molecule has 0 atom stereocenters. The van der Waals surface area contributed by atoms with Gasteiger partial charge in [0.25, 0.3) is 23.6 Å². The van der Waals surface area contributed by atoms with E-state index in [-0.39, 0.29) is 33.7 Å². The van der Waals surface area contributed by atoms with Crippen molar-refractivity contribution in [2.75, 3.05) is 0 Å². The van der Waals surface area contributed by atoms with Gasteiger partial charge in [0.15, 0.2) is 0 Å². The maximum atomic E-state index is 14.2. The van der Waals surface area contributed by atoms with Crippen molar-refractivity contribution in [1.29, 1.82) is 0 Å². The van der Waals surface area contributed by atoms with Gasteiger partial charge in [-0.25, -0.2) is 9.80 Å². The number of carbonyl (C=O) groups is 4. The number of hydrogen-bond donors (Lipinski definition) is 0. The first-order valence-electron chi connectivity index (χ1n) is 12.3. The normalized spacial score (nSPS) is 14.8. The summed E-state index contributed by atoms with van der Waals surface area (Å²) in [5, 5.41) is 0.881. The van der Waals surface area contributed by atoms with Crippen molar-refractivity contribution >= 4 is 58.2 Å². The summed E-state index contributed by atoms with van der Waals surface area (Å²) in [5.41, 5.74) is 1.48. The second-order valence-corrected chi connectivity index (χ2v) is 9.96. The van der Waals surface area contributed by atoms with Crippen molar-refractivity contribution in [3.63, 3.8) is 0 Å². The third kappa shape index (κ3) is 4.14. The van der Waals surface area contributed by atoms with Crippen LogP contribution in [-0.4, -0.2) is 33.4 Å². The first kappa shape index (κ1) is 25.5. The number of rotatable bonds is 4. The fraction of sp³-hybridized carbons (Fsp3) is 0. The number of hydrogen-bond acceptors (Lipinski definition) is 4. The van der Waals surface area contributed by atoms with Crippen LogP contribution in [0, 0.1) is 0 Å². The van der Waals surface area contributed by atoms with E-state index in [1.54, 1.807) is 109 Å². The van der Waals surface area contributed by atoms with Crippen LogP contribution >= 0.6 is 23.2 Å². The third-order valence-corrected chi connectivity index (χ3v) is 7.19. The summed E-state index contributed by atoms with van der Waals surface area (Å²) >= 11 is 12.3.